The number of rotatable bonds is 9. The van der Waals surface area contributed by atoms with Crippen LogP contribution in [0, 0.1) is 0 Å². The maximum atomic E-state index is 11.1. The second kappa shape index (κ2) is 11.2. The van der Waals surface area contributed by atoms with Gasteiger partial charge in [0.2, 0.25) is 0 Å². The van der Waals surface area contributed by atoms with E-state index in [0.717, 1.165) is 11.1 Å². The summed E-state index contributed by atoms with van der Waals surface area (Å²) in [4.78, 5) is 11.1. The van der Waals surface area contributed by atoms with Gasteiger partial charge < -0.3 is 25.4 Å². The molecule has 3 aromatic carbocycles. The van der Waals surface area contributed by atoms with Crippen LogP contribution in [-0.2, 0) is 18.0 Å². The lowest BCUT2D eigenvalue weighted by Gasteiger charge is -2.18. The van der Waals surface area contributed by atoms with Gasteiger partial charge >= 0.3 is 5.97 Å². The minimum atomic E-state index is -1.44. The Labute approximate surface area is 181 Å². The minimum Gasteiger partial charge on any atom is -0.485 e. The molecule has 0 spiro atoms. The molecule has 0 saturated heterocycles. The third kappa shape index (κ3) is 6.22. The Morgan fingerprint density at radius 2 is 1.33 bits per heavy atom. The van der Waals surface area contributed by atoms with E-state index >= 15 is 0 Å². The van der Waals surface area contributed by atoms with Gasteiger partial charge in [0, 0.05) is 0 Å². The molecule has 0 aliphatic carbocycles. The highest BCUT2D eigenvalue weighted by Crippen LogP contribution is 2.32. The van der Waals surface area contributed by atoms with Gasteiger partial charge in [0.25, 0.3) is 0 Å². The molecule has 0 amide bonds. The van der Waals surface area contributed by atoms with Gasteiger partial charge in [-0.25, -0.2) is 0 Å². The highest BCUT2D eigenvalue weighted by Gasteiger charge is 2.24. The molecule has 0 aromatic heterocycles. The maximum absolute atomic E-state index is 11.1. The normalized spacial score (nSPS) is 12.3. The molecule has 4 N–H and O–H groups in total. The predicted octanol–water partition coefficient (Wildman–Crippen LogP) is 3.71. The van der Waals surface area contributed by atoms with Crippen LogP contribution in [0.1, 0.15) is 22.8 Å². The standard InChI is InChI=1S/C23H23NO5.ClH/c24-21(23(26)27)22(25)18-11-12-19(28-14-16-7-3-1-4-8-16)20(13-18)29-15-17-9-5-2-6-10-17;/h1-13,21-22,25H,14-15,24H2,(H,26,27);1H/t21-,22-;/m0./s1/i21+1,23+1,24+1;. The number of carboxylic acid groups (broad SMARTS) is 1. The Bertz CT molecular complexity index is 937. The topological polar surface area (TPSA) is 102 Å². The summed E-state index contributed by atoms with van der Waals surface area (Å²) in [5.74, 6) is -0.391. The number of carbonyl (C=O) groups is 1. The van der Waals surface area contributed by atoms with E-state index in [-0.39, 0.29) is 12.4 Å². The number of nitrogens with two attached hydrogens (primary N) is 1. The van der Waals surface area contributed by atoms with Gasteiger partial charge in [-0.2, -0.15) is 0 Å². The molecule has 3 aromatic rings. The Kier molecular flexibility index (Phi) is 8.68. The van der Waals surface area contributed by atoms with Gasteiger partial charge in [0.05, 0.1) is 0 Å². The number of ether oxygens (including phenoxy) is 2. The average Bonchev–Trinajstić information content (AvgIpc) is 2.76. The summed E-state index contributed by atoms with van der Waals surface area (Å²) < 4.78 is 11.8. The van der Waals surface area contributed by atoms with Crippen LogP contribution in [0.4, 0.5) is 0 Å². The van der Waals surface area contributed by atoms with Gasteiger partial charge in [-0.05, 0) is 28.8 Å². The number of aliphatic carboxylic acids is 1. The number of benzene rings is 3. The monoisotopic (exact) mass is 432 g/mol. The van der Waals surface area contributed by atoms with E-state index in [4.69, 9.17) is 20.3 Å². The highest BCUT2D eigenvalue weighted by atomic mass is 35.5. The minimum absolute atomic E-state index is 0. The van der Waals surface area contributed by atoms with Crippen LogP contribution in [0.15, 0.2) is 78.9 Å². The molecule has 2 atom stereocenters. The zero-order valence-corrected chi connectivity index (χ0v) is 17.0. The molecule has 158 valence electrons. The molecular weight excluding hydrogens is 409 g/mol. The van der Waals surface area contributed by atoms with Crippen LogP contribution in [-0.4, -0.2) is 22.2 Å². The van der Waals surface area contributed by atoms with Crippen molar-refractivity contribution in [2.45, 2.75) is 25.4 Å². The summed E-state index contributed by atoms with van der Waals surface area (Å²) in [6.07, 6.45) is -1.37. The molecule has 0 aliphatic rings. The van der Waals surface area contributed by atoms with E-state index in [1.165, 1.54) is 0 Å². The van der Waals surface area contributed by atoms with E-state index in [9.17, 15) is 9.90 Å². The number of aliphatic hydroxyl groups is 1. The fraction of sp³-hybridized carbons (Fsp3) is 0.174. The van der Waals surface area contributed by atoms with E-state index in [0.29, 0.717) is 30.3 Å². The number of aliphatic hydroxyl groups excluding tert-OH is 1. The smallest absolute Gasteiger partial charge is 0.323 e. The van der Waals surface area contributed by atoms with Crippen molar-refractivity contribution >= 4 is 18.4 Å². The first kappa shape index (κ1) is 23.2. The van der Waals surface area contributed by atoms with Crippen LogP contribution >= 0.6 is 12.4 Å². The molecule has 6 nitrogen and oxygen atoms in total. The summed E-state index contributed by atoms with van der Waals surface area (Å²) in [5, 5.41) is 19.3. The van der Waals surface area contributed by atoms with Crippen molar-refractivity contribution in [2.75, 3.05) is 0 Å². The third-order valence-corrected chi connectivity index (χ3v) is 4.41. The van der Waals surface area contributed by atoms with Crippen LogP contribution < -0.4 is 15.2 Å². The molecule has 3 rings (SSSR count). The molecule has 0 unspecified atom stereocenters. The van der Waals surface area contributed by atoms with Gasteiger partial charge in [-0.1, -0.05) is 66.7 Å². The van der Waals surface area contributed by atoms with Gasteiger partial charge in [-0.15, -0.1) is 12.4 Å². The van der Waals surface area contributed by atoms with Crippen molar-refractivity contribution in [3.05, 3.63) is 95.6 Å². The molecule has 0 bridgehead atoms. The Hall–Kier alpha value is -3.06. The first-order chi connectivity index (χ1) is 14.0. The zero-order valence-electron chi connectivity index (χ0n) is 16.2. The van der Waals surface area contributed by atoms with Crippen LogP contribution in [0.5, 0.6) is 11.5 Å². The first-order valence-electron chi connectivity index (χ1n) is 9.18. The van der Waals surface area contributed by atoms with Crippen LogP contribution in [0.3, 0.4) is 0 Å². The largest absolute Gasteiger partial charge is 0.485 e. The number of halogens is 1. The van der Waals surface area contributed by atoms with E-state index < -0.39 is 18.1 Å². The Morgan fingerprint density at radius 1 is 0.833 bits per heavy atom. The lowest BCUT2D eigenvalue weighted by atomic mass is 10.1. The second-order valence-electron chi connectivity index (χ2n) is 6.56. The fourth-order valence-corrected chi connectivity index (χ4v) is 2.75. The van der Waals surface area contributed by atoms with E-state index in [1.54, 1.807) is 18.2 Å². The van der Waals surface area contributed by atoms with Crippen LogP contribution in [0.2, 0.25) is 0 Å². The van der Waals surface area contributed by atoms with Crippen molar-refractivity contribution in [1.82, 2.24) is 0 Å². The summed E-state index contributed by atoms with van der Waals surface area (Å²) in [6.45, 7) is 0.645. The first-order valence-corrected chi connectivity index (χ1v) is 9.18. The molecule has 7 heteroatoms. The Balaban J connectivity index is 0.00000320. The highest BCUT2D eigenvalue weighted by molar-refractivity contribution is 5.85. The molecule has 0 fully saturated rings. The van der Waals surface area contributed by atoms with Crippen molar-refractivity contribution in [3.8, 4) is 11.5 Å². The predicted molar refractivity (Wildman–Crippen MR) is 116 cm³/mol. The average molecular weight is 433 g/mol. The quantitative estimate of drug-likeness (QED) is 0.352. The third-order valence-electron chi connectivity index (χ3n) is 4.41. The summed E-state index contributed by atoms with van der Waals surface area (Å²) in [7, 11) is 0. The number of carboxylic acids is 1. The molecule has 0 aliphatic heterocycles. The van der Waals surface area contributed by atoms with E-state index in [2.05, 4.69) is 0 Å². The molecule has 0 radical (unpaired) electrons. The lowest BCUT2D eigenvalue weighted by Crippen LogP contribution is -2.36. The fourth-order valence-electron chi connectivity index (χ4n) is 2.75. The SMILES string of the molecule is Cl.[15NH2][13C@@H]([C@@H](O)c1ccc(OCc2ccccc2)c(OCc2ccccc2)c1)[13C](=O)O. The number of hydrogen-bond donors (Lipinski definition) is 3. The molecular formula is C23H24ClNO5. The van der Waals surface area contributed by atoms with Gasteiger partial charge in [0.15, 0.2) is 11.5 Å². The summed E-state index contributed by atoms with van der Waals surface area (Å²) in [5.41, 5.74) is 7.87. The van der Waals surface area contributed by atoms with Crippen molar-refractivity contribution in [2.24, 2.45) is 5.73 Å². The molecule has 30 heavy (non-hydrogen) atoms. The van der Waals surface area contributed by atoms with Crippen molar-refractivity contribution < 1.29 is 24.5 Å². The van der Waals surface area contributed by atoms with Crippen molar-refractivity contribution in [3.63, 3.8) is 0 Å². The lowest BCUT2D eigenvalue weighted by molar-refractivity contribution is -0.141. The van der Waals surface area contributed by atoms with Crippen molar-refractivity contribution in [1.29, 1.82) is 0 Å². The van der Waals surface area contributed by atoms with E-state index in [1.807, 2.05) is 60.7 Å². The zero-order chi connectivity index (χ0) is 20.6. The maximum Gasteiger partial charge on any atom is 0.323 e. The number of hydrogen-bond acceptors (Lipinski definition) is 5. The van der Waals surface area contributed by atoms with Crippen LogP contribution in [0.25, 0.3) is 0 Å². The summed E-state index contributed by atoms with van der Waals surface area (Å²) in [6, 6.07) is 22.7. The Morgan fingerprint density at radius 3 is 1.83 bits per heavy atom. The molecule has 0 heterocycles. The molecule has 0 saturated carbocycles. The summed E-state index contributed by atoms with van der Waals surface area (Å²) >= 11 is 0. The van der Waals surface area contributed by atoms with Gasteiger partial charge in [0.1, 0.15) is 25.4 Å². The van der Waals surface area contributed by atoms with Gasteiger partial charge in [-0.3, -0.25) is 4.79 Å². The second-order valence-corrected chi connectivity index (χ2v) is 6.56.